The fourth-order valence-electron chi connectivity index (χ4n) is 1.02. The molecule has 6 nitrogen and oxygen atoms in total. The number of carbonyl (C=O) groups is 3. The lowest BCUT2D eigenvalue weighted by Crippen LogP contribution is -2.42. The van der Waals surface area contributed by atoms with Gasteiger partial charge in [-0.2, -0.15) is 0 Å². The Morgan fingerprint density at radius 2 is 2.00 bits per heavy atom. The van der Waals surface area contributed by atoms with Crippen LogP contribution in [-0.2, 0) is 14.3 Å². The number of hydrogen-bond donors (Lipinski definition) is 2. The number of carbonyl (C=O) groups excluding carboxylic acids is 3. The molecule has 1 rings (SSSR count). The maximum Gasteiger partial charge on any atom is 0.338 e. The molecule has 1 aromatic carbocycles. The van der Waals surface area contributed by atoms with E-state index in [1.165, 1.54) is 25.1 Å². The summed E-state index contributed by atoms with van der Waals surface area (Å²) in [5, 5.41) is 0. The van der Waals surface area contributed by atoms with Gasteiger partial charge in [0.05, 0.1) is 5.56 Å². The molecule has 0 aliphatic heterocycles. The van der Waals surface area contributed by atoms with Crippen LogP contribution in [0.4, 0.5) is 4.39 Å². The fraction of sp³-hybridized carbons (Fsp3) is 0.182. The lowest BCUT2D eigenvalue weighted by atomic mass is 10.2. The fourth-order valence-corrected chi connectivity index (χ4v) is 1.02. The van der Waals surface area contributed by atoms with Crippen LogP contribution in [0, 0.1) is 5.82 Å². The van der Waals surface area contributed by atoms with Gasteiger partial charge < -0.3 is 4.74 Å². The number of benzene rings is 1. The topological polar surface area (TPSA) is 84.5 Å². The Morgan fingerprint density at radius 1 is 1.28 bits per heavy atom. The lowest BCUT2D eigenvalue weighted by Gasteiger charge is -2.06. The van der Waals surface area contributed by atoms with Crippen molar-refractivity contribution in [2.75, 3.05) is 6.61 Å². The molecule has 0 saturated heterocycles. The monoisotopic (exact) mass is 254 g/mol. The molecular formula is C11H11FN2O4. The number of amides is 2. The molecule has 0 aromatic heterocycles. The standard InChI is InChI=1S/C11H11FN2O4/c1-7(15)13-14-10(16)6-18-11(17)8-3-2-4-9(12)5-8/h2-5H,6H2,1H3,(H,13,15)(H,14,16). The highest BCUT2D eigenvalue weighted by molar-refractivity contribution is 5.91. The van der Waals surface area contributed by atoms with Crippen LogP contribution in [0.15, 0.2) is 24.3 Å². The third kappa shape index (κ3) is 4.60. The van der Waals surface area contributed by atoms with E-state index in [9.17, 15) is 18.8 Å². The van der Waals surface area contributed by atoms with E-state index in [4.69, 9.17) is 0 Å². The van der Waals surface area contributed by atoms with Gasteiger partial charge in [-0.05, 0) is 18.2 Å². The zero-order valence-corrected chi connectivity index (χ0v) is 9.53. The van der Waals surface area contributed by atoms with Gasteiger partial charge in [0.1, 0.15) is 5.82 Å². The lowest BCUT2D eigenvalue weighted by molar-refractivity contribution is -0.129. The van der Waals surface area contributed by atoms with Crippen molar-refractivity contribution in [2.45, 2.75) is 6.92 Å². The van der Waals surface area contributed by atoms with Crippen molar-refractivity contribution in [3.8, 4) is 0 Å². The second-order valence-corrected chi connectivity index (χ2v) is 3.32. The van der Waals surface area contributed by atoms with Crippen molar-refractivity contribution < 1.29 is 23.5 Å². The summed E-state index contributed by atoms with van der Waals surface area (Å²) in [6, 6.07) is 4.88. The van der Waals surface area contributed by atoms with Gasteiger partial charge in [-0.25, -0.2) is 9.18 Å². The minimum Gasteiger partial charge on any atom is -0.452 e. The average molecular weight is 254 g/mol. The van der Waals surface area contributed by atoms with Crippen molar-refractivity contribution in [2.24, 2.45) is 0 Å². The SMILES string of the molecule is CC(=O)NNC(=O)COC(=O)c1cccc(F)c1. The highest BCUT2D eigenvalue weighted by Gasteiger charge is 2.10. The molecule has 0 aliphatic rings. The number of hydrazine groups is 1. The Kier molecular flexibility index (Phi) is 4.79. The van der Waals surface area contributed by atoms with Gasteiger partial charge in [0.15, 0.2) is 6.61 Å². The number of nitrogens with one attached hydrogen (secondary N) is 2. The van der Waals surface area contributed by atoms with Gasteiger partial charge in [-0.3, -0.25) is 20.4 Å². The molecule has 0 heterocycles. The first-order chi connectivity index (χ1) is 8.49. The predicted octanol–water partition coefficient (Wildman–Crippen LogP) is 0.150. The Bertz CT molecular complexity index is 476. The van der Waals surface area contributed by atoms with E-state index in [1.807, 2.05) is 10.9 Å². The van der Waals surface area contributed by atoms with E-state index in [0.717, 1.165) is 6.07 Å². The first-order valence-corrected chi connectivity index (χ1v) is 4.97. The van der Waals surface area contributed by atoms with Crippen LogP contribution >= 0.6 is 0 Å². The van der Waals surface area contributed by atoms with Crippen molar-refractivity contribution in [3.05, 3.63) is 35.6 Å². The molecule has 0 atom stereocenters. The van der Waals surface area contributed by atoms with E-state index in [0.29, 0.717) is 0 Å². The van der Waals surface area contributed by atoms with Gasteiger partial charge in [-0.1, -0.05) is 6.07 Å². The van der Waals surface area contributed by atoms with E-state index in [2.05, 4.69) is 4.74 Å². The third-order valence-electron chi connectivity index (χ3n) is 1.77. The van der Waals surface area contributed by atoms with Gasteiger partial charge >= 0.3 is 5.97 Å². The van der Waals surface area contributed by atoms with Crippen LogP contribution in [0.5, 0.6) is 0 Å². The number of hydrogen-bond acceptors (Lipinski definition) is 4. The maximum atomic E-state index is 12.8. The normalized spacial score (nSPS) is 9.44. The number of ether oxygens (including phenoxy) is 1. The minimum absolute atomic E-state index is 0.00215. The van der Waals surface area contributed by atoms with Gasteiger partial charge in [-0.15, -0.1) is 0 Å². The van der Waals surface area contributed by atoms with Crippen LogP contribution in [-0.4, -0.2) is 24.4 Å². The largest absolute Gasteiger partial charge is 0.452 e. The summed E-state index contributed by atoms with van der Waals surface area (Å²) in [7, 11) is 0. The molecule has 0 bridgehead atoms. The minimum atomic E-state index is -0.826. The van der Waals surface area contributed by atoms with Crippen LogP contribution in [0.1, 0.15) is 17.3 Å². The Hall–Kier alpha value is -2.44. The molecule has 7 heteroatoms. The molecule has 2 N–H and O–H groups in total. The average Bonchev–Trinajstić information content (AvgIpc) is 2.33. The maximum absolute atomic E-state index is 12.8. The first kappa shape index (κ1) is 13.6. The van der Waals surface area contributed by atoms with E-state index in [-0.39, 0.29) is 5.56 Å². The number of halogens is 1. The summed E-state index contributed by atoms with van der Waals surface area (Å²) in [6.07, 6.45) is 0. The second-order valence-electron chi connectivity index (χ2n) is 3.32. The zero-order valence-electron chi connectivity index (χ0n) is 9.53. The van der Waals surface area contributed by atoms with Crippen molar-refractivity contribution in [1.29, 1.82) is 0 Å². The molecular weight excluding hydrogens is 243 g/mol. The molecule has 0 fully saturated rings. The molecule has 2 amide bonds. The predicted molar refractivity (Wildman–Crippen MR) is 58.6 cm³/mol. The smallest absolute Gasteiger partial charge is 0.338 e. The van der Waals surface area contributed by atoms with Gasteiger partial charge in [0.2, 0.25) is 5.91 Å². The van der Waals surface area contributed by atoms with E-state index < -0.39 is 30.2 Å². The molecule has 1 aromatic rings. The third-order valence-corrected chi connectivity index (χ3v) is 1.77. The Labute approximate surface area is 102 Å². The highest BCUT2D eigenvalue weighted by atomic mass is 19.1. The zero-order chi connectivity index (χ0) is 13.5. The van der Waals surface area contributed by atoms with Crippen LogP contribution < -0.4 is 10.9 Å². The highest BCUT2D eigenvalue weighted by Crippen LogP contribution is 2.04. The van der Waals surface area contributed by atoms with Crippen molar-refractivity contribution in [1.82, 2.24) is 10.9 Å². The molecule has 18 heavy (non-hydrogen) atoms. The molecule has 0 aliphatic carbocycles. The van der Waals surface area contributed by atoms with E-state index >= 15 is 0 Å². The van der Waals surface area contributed by atoms with Gasteiger partial charge in [0.25, 0.3) is 5.91 Å². The van der Waals surface area contributed by atoms with Gasteiger partial charge in [0, 0.05) is 6.92 Å². The van der Waals surface area contributed by atoms with Crippen LogP contribution in [0.3, 0.4) is 0 Å². The second kappa shape index (κ2) is 6.33. The summed E-state index contributed by atoms with van der Waals surface area (Å²) >= 11 is 0. The summed E-state index contributed by atoms with van der Waals surface area (Å²) in [5.41, 5.74) is 4.04. The van der Waals surface area contributed by atoms with Crippen molar-refractivity contribution >= 4 is 17.8 Å². The molecule has 0 unspecified atom stereocenters. The first-order valence-electron chi connectivity index (χ1n) is 4.97. The Morgan fingerprint density at radius 3 is 2.61 bits per heavy atom. The summed E-state index contributed by atoms with van der Waals surface area (Å²) in [4.78, 5) is 32.9. The molecule has 96 valence electrons. The Balaban J connectivity index is 2.42. The molecule has 0 saturated carbocycles. The van der Waals surface area contributed by atoms with E-state index in [1.54, 1.807) is 0 Å². The summed E-state index contributed by atoms with van der Waals surface area (Å²) in [6.45, 7) is 0.634. The van der Waals surface area contributed by atoms with Crippen LogP contribution in [0.25, 0.3) is 0 Å². The summed E-state index contributed by atoms with van der Waals surface area (Å²) < 4.78 is 17.4. The quantitative estimate of drug-likeness (QED) is 0.594. The van der Waals surface area contributed by atoms with Crippen molar-refractivity contribution in [3.63, 3.8) is 0 Å². The number of rotatable bonds is 3. The number of esters is 1. The summed E-state index contributed by atoms with van der Waals surface area (Å²) in [5.74, 6) is -2.56. The van der Waals surface area contributed by atoms with Crippen LogP contribution in [0.2, 0.25) is 0 Å². The molecule has 0 spiro atoms. The molecule has 0 radical (unpaired) electrons.